The van der Waals surface area contributed by atoms with Crippen LogP contribution in [0.4, 0.5) is 0 Å². The molecular formula is C14H17Cl2N3O2. The predicted octanol–water partition coefficient (Wildman–Crippen LogP) is 3.62. The minimum Gasteiger partial charge on any atom is -0.481 e. The van der Waals surface area contributed by atoms with Crippen molar-refractivity contribution in [3.05, 3.63) is 41.0 Å². The zero-order chi connectivity index (χ0) is 14.2. The van der Waals surface area contributed by atoms with Gasteiger partial charge >= 0.3 is 0 Å². The van der Waals surface area contributed by atoms with Crippen molar-refractivity contribution < 1.29 is 9.26 Å². The van der Waals surface area contributed by atoms with E-state index >= 15 is 0 Å². The Morgan fingerprint density at radius 1 is 1.43 bits per heavy atom. The molecule has 2 aromatic rings. The van der Waals surface area contributed by atoms with Gasteiger partial charge in [-0.2, -0.15) is 4.98 Å². The molecule has 1 fully saturated rings. The molecule has 1 heterocycles. The lowest BCUT2D eigenvalue weighted by atomic mass is 9.77. The van der Waals surface area contributed by atoms with E-state index in [0.29, 0.717) is 22.5 Å². The van der Waals surface area contributed by atoms with Gasteiger partial charge in [0.2, 0.25) is 0 Å². The Hall–Kier alpha value is -1.30. The van der Waals surface area contributed by atoms with Gasteiger partial charge in [-0.05, 0) is 44.4 Å². The van der Waals surface area contributed by atoms with E-state index in [1.54, 1.807) is 12.1 Å². The second-order valence-electron chi connectivity index (χ2n) is 5.18. The SMILES string of the molecule is CC(Oc1cccc(Cl)c1)c1nc(C2(N)CCC2)no1.Cl. The van der Waals surface area contributed by atoms with Crippen molar-refractivity contribution in [1.29, 1.82) is 0 Å². The lowest BCUT2D eigenvalue weighted by Gasteiger charge is -2.34. The Labute approximate surface area is 134 Å². The Balaban J connectivity index is 0.00000161. The van der Waals surface area contributed by atoms with Crippen molar-refractivity contribution in [2.75, 3.05) is 0 Å². The van der Waals surface area contributed by atoms with E-state index in [1.807, 2.05) is 19.1 Å². The van der Waals surface area contributed by atoms with Gasteiger partial charge in [-0.1, -0.05) is 22.8 Å². The largest absolute Gasteiger partial charge is 0.481 e. The number of ether oxygens (including phenoxy) is 1. The third-order valence-corrected chi connectivity index (χ3v) is 3.82. The van der Waals surface area contributed by atoms with Crippen LogP contribution in [-0.4, -0.2) is 10.1 Å². The molecule has 1 saturated carbocycles. The summed E-state index contributed by atoms with van der Waals surface area (Å²) in [6.45, 7) is 1.85. The van der Waals surface area contributed by atoms with Crippen molar-refractivity contribution in [3.63, 3.8) is 0 Å². The molecule has 2 N–H and O–H groups in total. The lowest BCUT2D eigenvalue weighted by molar-refractivity contribution is 0.174. The summed E-state index contributed by atoms with van der Waals surface area (Å²) in [6, 6.07) is 7.19. The molecule has 0 radical (unpaired) electrons. The molecule has 1 aromatic heterocycles. The summed E-state index contributed by atoms with van der Waals surface area (Å²) in [6.07, 6.45) is 2.55. The van der Waals surface area contributed by atoms with Crippen LogP contribution in [0.15, 0.2) is 28.8 Å². The van der Waals surface area contributed by atoms with Gasteiger partial charge in [-0.25, -0.2) is 0 Å². The second-order valence-corrected chi connectivity index (χ2v) is 5.62. The molecule has 5 nitrogen and oxygen atoms in total. The van der Waals surface area contributed by atoms with Crippen LogP contribution in [0, 0.1) is 0 Å². The van der Waals surface area contributed by atoms with E-state index in [1.165, 1.54) is 0 Å². The zero-order valence-electron chi connectivity index (χ0n) is 11.6. The number of nitrogens with zero attached hydrogens (tertiary/aromatic N) is 2. The molecule has 1 aliphatic carbocycles. The van der Waals surface area contributed by atoms with E-state index in [4.69, 9.17) is 26.6 Å². The van der Waals surface area contributed by atoms with Crippen molar-refractivity contribution in [1.82, 2.24) is 10.1 Å². The maximum Gasteiger partial charge on any atom is 0.267 e. The summed E-state index contributed by atoms with van der Waals surface area (Å²) in [7, 11) is 0. The summed E-state index contributed by atoms with van der Waals surface area (Å²) in [5, 5.41) is 4.59. The van der Waals surface area contributed by atoms with Gasteiger partial charge in [0.05, 0.1) is 5.54 Å². The van der Waals surface area contributed by atoms with Crippen molar-refractivity contribution in [2.45, 2.75) is 37.8 Å². The summed E-state index contributed by atoms with van der Waals surface area (Å²) >= 11 is 5.92. The third-order valence-electron chi connectivity index (χ3n) is 3.59. The first kappa shape index (κ1) is 16.1. The Kier molecular flexibility index (Phi) is 4.76. The summed E-state index contributed by atoms with van der Waals surface area (Å²) in [4.78, 5) is 4.36. The van der Waals surface area contributed by atoms with Crippen LogP contribution in [0.25, 0.3) is 0 Å². The number of benzene rings is 1. The van der Waals surface area contributed by atoms with E-state index in [0.717, 1.165) is 19.3 Å². The molecule has 1 unspecified atom stereocenters. The molecule has 3 rings (SSSR count). The summed E-state index contributed by atoms with van der Waals surface area (Å²) < 4.78 is 11.0. The average Bonchev–Trinajstić information content (AvgIpc) is 2.86. The van der Waals surface area contributed by atoms with Gasteiger partial charge in [0.25, 0.3) is 5.89 Å². The van der Waals surface area contributed by atoms with E-state index < -0.39 is 5.54 Å². The summed E-state index contributed by atoms with van der Waals surface area (Å²) in [5.41, 5.74) is 5.75. The predicted molar refractivity (Wildman–Crippen MR) is 81.8 cm³/mol. The minimum atomic E-state index is -0.419. The molecule has 0 aliphatic heterocycles. The molecule has 0 bridgehead atoms. The fourth-order valence-electron chi connectivity index (χ4n) is 2.18. The van der Waals surface area contributed by atoms with Gasteiger partial charge in [-0.15, -0.1) is 12.4 Å². The lowest BCUT2D eigenvalue weighted by Crippen LogP contribution is -2.44. The number of nitrogens with two attached hydrogens (primary N) is 1. The number of aromatic nitrogens is 2. The fraction of sp³-hybridized carbons (Fsp3) is 0.429. The second kappa shape index (κ2) is 6.22. The number of hydrogen-bond donors (Lipinski definition) is 1. The normalized spacial score (nSPS) is 17.5. The quantitative estimate of drug-likeness (QED) is 0.927. The first-order chi connectivity index (χ1) is 9.57. The smallest absolute Gasteiger partial charge is 0.267 e. The zero-order valence-corrected chi connectivity index (χ0v) is 13.2. The molecule has 0 saturated heterocycles. The molecule has 7 heteroatoms. The average molecular weight is 330 g/mol. The molecule has 0 amide bonds. The van der Waals surface area contributed by atoms with Crippen LogP contribution >= 0.6 is 24.0 Å². The monoisotopic (exact) mass is 329 g/mol. The Morgan fingerprint density at radius 2 is 2.19 bits per heavy atom. The standard InChI is InChI=1S/C14H16ClN3O2.ClH/c1-9(19-11-5-2-4-10(15)8-11)12-17-13(18-20-12)14(16)6-3-7-14;/h2,4-5,8-9H,3,6-7,16H2,1H3;1H. The fourth-order valence-corrected chi connectivity index (χ4v) is 2.36. The Morgan fingerprint density at radius 3 is 2.81 bits per heavy atom. The number of rotatable bonds is 4. The van der Waals surface area contributed by atoms with Crippen LogP contribution in [-0.2, 0) is 5.54 Å². The summed E-state index contributed by atoms with van der Waals surface area (Å²) in [5.74, 6) is 1.66. The van der Waals surface area contributed by atoms with Gasteiger partial charge < -0.3 is 15.0 Å². The topological polar surface area (TPSA) is 74.2 Å². The van der Waals surface area contributed by atoms with Crippen LogP contribution in [0.1, 0.15) is 44.0 Å². The van der Waals surface area contributed by atoms with Gasteiger partial charge in [-0.3, -0.25) is 0 Å². The van der Waals surface area contributed by atoms with E-state index in [9.17, 15) is 0 Å². The Bertz CT molecular complexity index is 614. The molecular weight excluding hydrogens is 313 g/mol. The maximum atomic E-state index is 6.17. The van der Waals surface area contributed by atoms with Gasteiger partial charge in [0.1, 0.15) is 5.75 Å². The highest BCUT2D eigenvalue weighted by Gasteiger charge is 2.39. The number of hydrogen-bond acceptors (Lipinski definition) is 5. The first-order valence-corrected chi connectivity index (χ1v) is 7.00. The highest BCUT2D eigenvalue weighted by Crippen LogP contribution is 2.37. The van der Waals surface area contributed by atoms with Crippen LogP contribution in [0.2, 0.25) is 5.02 Å². The van der Waals surface area contributed by atoms with Crippen molar-refractivity contribution in [2.24, 2.45) is 5.73 Å². The minimum absolute atomic E-state index is 0. The van der Waals surface area contributed by atoms with Crippen molar-refractivity contribution in [3.8, 4) is 5.75 Å². The molecule has 114 valence electrons. The first-order valence-electron chi connectivity index (χ1n) is 6.62. The van der Waals surface area contributed by atoms with Gasteiger partial charge in [0, 0.05) is 5.02 Å². The van der Waals surface area contributed by atoms with Crippen LogP contribution < -0.4 is 10.5 Å². The van der Waals surface area contributed by atoms with Gasteiger partial charge in [0.15, 0.2) is 11.9 Å². The molecule has 0 spiro atoms. The highest BCUT2D eigenvalue weighted by molar-refractivity contribution is 6.30. The van der Waals surface area contributed by atoms with E-state index in [-0.39, 0.29) is 18.5 Å². The molecule has 1 aromatic carbocycles. The van der Waals surface area contributed by atoms with Crippen LogP contribution in [0.3, 0.4) is 0 Å². The molecule has 1 aliphatic rings. The van der Waals surface area contributed by atoms with Crippen LogP contribution in [0.5, 0.6) is 5.75 Å². The highest BCUT2D eigenvalue weighted by atomic mass is 35.5. The third kappa shape index (κ3) is 3.31. The maximum absolute atomic E-state index is 6.17. The molecule has 1 atom stereocenters. The van der Waals surface area contributed by atoms with E-state index in [2.05, 4.69) is 10.1 Å². The number of halogens is 2. The molecule has 21 heavy (non-hydrogen) atoms. The van der Waals surface area contributed by atoms with Crippen molar-refractivity contribution >= 4 is 24.0 Å².